The van der Waals surface area contributed by atoms with Crippen molar-refractivity contribution in [2.75, 3.05) is 19.0 Å². The lowest BCUT2D eigenvalue weighted by Crippen LogP contribution is -2.09. The van der Waals surface area contributed by atoms with Crippen LogP contribution in [0.5, 0.6) is 5.75 Å². The Labute approximate surface area is 154 Å². The van der Waals surface area contributed by atoms with Gasteiger partial charge in [0, 0.05) is 12.2 Å². The lowest BCUT2D eigenvalue weighted by Gasteiger charge is -2.13. The predicted molar refractivity (Wildman–Crippen MR) is 103 cm³/mol. The molecule has 1 aromatic carbocycles. The summed E-state index contributed by atoms with van der Waals surface area (Å²) in [4.78, 5) is 0. The fourth-order valence-electron chi connectivity index (χ4n) is 2.91. The lowest BCUT2D eigenvalue weighted by molar-refractivity contribution is 0.414. The van der Waals surface area contributed by atoms with E-state index in [0.29, 0.717) is 5.92 Å². The fraction of sp³-hybridized carbons (Fsp3) is 0.350. The van der Waals surface area contributed by atoms with Gasteiger partial charge in [-0.25, -0.2) is 4.68 Å². The average molecular weight is 351 g/mol. The molecule has 0 saturated heterocycles. The van der Waals surface area contributed by atoms with E-state index in [-0.39, 0.29) is 0 Å². The quantitative estimate of drug-likeness (QED) is 0.699. The minimum Gasteiger partial charge on any atom is -0.497 e. The van der Waals surface area contributed by atoms with Gasteiger partial charge in [0.05, 0.1) is 12.8 Å². The summed E-state index contributed by atoms with van der Waals surface area (Å²) in [5, 5.41) is 16.3. The molecule has 0 aliphatic rings. The van der Waals surface area contributed by atoms with Gasteiger partial charge in [0.25, 0.3) is 0 Å². The summed E-state index contributed by atoms with van der Waals surface area (Å²) in [5.74, 6) is 2.84. The molecule has 1 N–H and O–H groups in total. The molecule has 0 amide bonds. The summed E-state index contributed by atoms with van der Waals surface area (Å²) in [5.41, 5.74) is 3.32. The predicted octanol–water partition coefficient (Wildman–Crippen LogP) is 3.89. The number of rotatable bonds is 7. The number of nitrogens with zero attached hydrogens (tertiary/aromatic N) is 4. The second-order valence-corrected chi connectivity index (χ2v) is 6.51. The minimum absolute atomic E-state index is 0.454. The molecule has 0 aliphatic heterocycles. The van der Waals surface area contributed by atoms with Gasteiger partial charge in [-0.3, -0.25) is 0 Å². The zero-order valence-corrected chi connectivity index (χ0v) is 15.7. The molecule has 6 heteroatoms. The van der Waals surface area contributed by atoms with Crippen molar-refractivity contribution in [1.29, 1.82) is 0 Å². The van der Waals surface area contributed by atoms with E-state index in [2.05, 4.69) is 39.7 Å². The van der Waals surface area contributed by atoms with Crippen LogP contribution < -0.4 is 10.1 Å². The van der Waals surface area contributed by atoms with Crippen LogP contribution in [0, 0.1) is 13.8 Å². The van der Waals surface area contributed by atoms with Crippen molar-refractivity contribution in [3.05, 3.63) is 59.4 Å². The van der Waals surface area contributed by atoms with E-state index < -0.39 is 0 Å². The van der Waals surface area contributed by atoms with Crippen molar-refractivity contribution in [1.82, 2.24) is 20.0 Å². The Hall–Kier alpha value is -2.89. The molecule has 0 spiro atoms. The Kier molecular flexibility index (Phi) is 5.51. The van der Waals surface area contributed by atoms with E-state index in [4.69, 9.17) is 4.74 Å². The van der Waals surface area contributed by atoms with Crippen LogP contribution >= 0.6 is 0 Å². The molecule has 0 radical (unpaired) electrons. The number of nitrogens with one attached hydrogen (secondary N) is 1. The monoisotopic (exact) mass is 351 g/mol. The van der Waals surface area contributed by atoms with E-state index in [1.54, 1.807) is 11.8 Å². The van der Waals surface area contributed by atoms with Gasteiger partial charge < -0.3 is 10.1 Å². The van der Waals surface area contributed by atoms with E-state index >= 15 is 0 Å². The maximum atomic E-state index is 5.20. The van der Waals surface area contributed by atoms with Gasteiger partial charge in [-0.05, 0) is 62.1 Å². The highest BCUT2D eigenvalue weighted by molar-refractivity contribution is 5.37. The second kappa shape index (κ2) is 7.99. The Morgan fingerprint density at radius 2 is 1.85 bits per heavy atom. The topological polar surface area (TPSA) is 64.9 Å². The van der Waals surface area contributed by atoms with Crippen LogP contribution in [0.2, 0.25) is 0 Å². The molecule has 1 unspecified atom stereocenters. The number of aromatic nitrogens is 4. The van der Waals surface area contributed by atoms with Gasteiger partial charge in [-0.2, -0.15) is 5.10 Å². The third-order valence-electron chi connectivity index (χ3n) is 4.45. The molecule has 3 rings (SSSR count). The third-order valence-corrected chi connectivity index (χ3v) is 4.45. The maximum absolute atomic E-state index is 5.20. The first-order valence-corrected chi connectivity index (χ1v) is 8.82. The first-order valence-electron chi connectivity index (χ1n) is 8.82. The van der Waals surface area contributed by atoms with Crippen LogP contribution in [0.4, 0.5) is 5.82 Å². The summed E-state index contributed by atoms with van der Waals surface area (Å²) in [6.45, 7) is 7.04. The first kappa shape index (κ1) is 17.9. The summed E-state index contributed by atoms with van der Waals surface area (Å²) >= 11 is 0. The fourth-order valence-corrected chi connectivity index (χ4v) is 2.91. The standard InChI is InChI=1S/C20H25N5O/c1-14(17-5-7-18(26-4)8-6-17)11-12-21-19-9-10-20(23-22-19)25-16(3)13-15(2)24-25/h5-10,13-14H,11-12H2,1-4H3,(H,21,22). The summed E-state index contributed by atoms with van der Waals surface area (Å²) < 4.78 is 7.01. The van der Waals surface area contributed by atoms with E-state index in [0.717, 1.165) is 41.7 Å². The normalized spacial score (nSPS) is 12.0. The van der Waals surface area contributed by atoms with Crippen LogP contribution in [0.15, 0.2) is 42.5 Å². The number of aryl methyl sites for hydroxylation is 2. The molecule has 2 aromatic heterocycles. The number of hydrogen-bond acceptors (Lipinski definition) is 5. The van der Waals surface area contributed by atoms with Gasteiger partial charge in [-0.15, -0.1) is 10.2 Å². The van der Waals surface area contributed by atoms with Crippen molar-refractivity contribution in [3.63, 3.8) is 0 Å². The maximum Gasteiger partial charge on any atom is 0.176 e. The van der Waals surface area contributed by atoms with Crippen LogP contribution in [-0.2, 0) is 0 Å². The lowest BCUT2D eigenvalue weighted by atomic mass is 9.98. The molecule has 0 aliphatic carbocycles. The molecule has 0 bridgehead atoms. The van der Waals surface area contributed by atoms with Crippen molar-refractivity contribution in [3.8, 4) is 11.6 Å². The van der Waals surface area contributed by atoms with Crippen molar-refractivity contribution >= 4 is 5.82 Å². The third kappa shape index (κ3) is 4.20. The van der Waals surface area contributed by atoms with Gasteiger partial charge in [0.15, 0.2) is 5.82 Å². The largest absolute Gasteiger partial charge is 0.497 e. The summed E-state index contributed by atoms with van der Waals surface area (Å²) in [6, 6.07) is 14.1. The molecule has 2 heterocycles. The highest BCUT2D eigenvalue weighted by Crippen LogP contribution is 2.21. The molecule has 26 heavy (non-hydrogen) atoms. The van der Waals surface area contributed by atoms with Crippen molar-refractivity contribution < 1.29 is 4.74 Å². The summed E-state index contributed by atoms with van der Waals surface area (Å²) in [7, 11) is 1.68. The average Bonchev–Trinajstić information content (AvgIpc) is 3.00. The molecule has 136 valence electrons. The SMILES string of the molecule is COc1ccc(C(C)CCNc2ccc(-n3nc(C)cc3C)nn2)cc1. The Morgan fingerprint density at radius 1 is 1.08 bits per heavy atom. The van der Waals surface area contributed by atoms with Crippen LogP contribution in [-0.4, -0.2) is 33.6 Å². The highest BCUT2D eigenvalue weighted by Gasteiger charge is 2.08. The van der Waals surface area contributed by atoms with Crippen LogP contribution in [0.1, 0.15) is 36.2 Å². The second-order valence-electron chi connectivity index (χ2n) is 6.51. The number of benzene rings is 1. The Balaban J connectivity index is 1.54. The number of ether oxygens (including phenoxy) is 1. The van der Waals surface area contributed by atoms with Gasteiger partial charge >= 0.3 is 0 Å². The molecule has 0 fully saturated rings. The molecule has 0 saturated carbocycles. The van der Waals surface area contributed by atoms with E-state index in [1.807, 2.05) is 44.2 Å². The molecular weight excluding hydrogens is 326 g/mol. The van der Waals surface area contributed by atoms with E-state index in [9.17, 15) is 0 Å². The highest BCUT2D eigenvalue weighted by atomic mass is 16.5. The molecule has 6 nitrogen and oxygen atoms in total. The Morgan fingerprint density at radius 3 is 2.42 bits per heavy atom. The van der Waals surface area contributed by atoms with Crippen LogP contribution in [0.25, 0.3) is 5.82 Å². The van der Waals surface area contributed by atoms with Crippen molar-refractivity contribution in [2.24, 2.45) is 0 Å². The summed E-state index contributed by atoms with van der Waals surface area (Å²) in [6.07, 6.45) is 1.01. The zero-order valence-electron chi connectivity index (χ0n) is 15.7. The molecule has 3 aromatic rings. The van der Waals surface area contributed by atoms with Crippen LogP contribution in [0.3, 0.4) is 0 Å². The van der Waals surface area contributed by atoms with Crippen molar-refractivity contribution in [2.45, 2.75) is 33.1 Å². The van der Waals surface area contributed by atoms with Gasteiger partial charge in [0.1, 0.15) is 11.6 Å². The minimum atomic E-state index is 0.454. The smallest absolute Gasteiger partial charge is 0.176 e. The number of hydrogen-bond donors (Lipinski definition) is 1. The number of anilines is 1. The van der Waals surface area contributed by atoms with E-state index in [1.165, 1.54) is 5.56 Å². The first-order chi connectivity index (χ1) is 12.6. The van der Waals surface area contributed by atoms with Gasteiger partial charge in [0.2, 0.25) is 0 Å². The molecular formula is C20H25N5O. The Bertz CT molecular complexity index is 840. The zero-order chi connectivity index (χ0) is 18.5. The van der Waals surface area contributed by atoms with Gasteiger partial charge in [-0.1, -0.05) is 19.1 Å². The molecule has 1 atom stereocenters. The number of methoxy groups -OCH3 is 1.